The van der Waals surface area contributed by atoms with Gasteiger partial charge >= 0.3 is 0 Å². The summed E-state index contributed by atoms with van der Waals surface area (Å²) in [5.74, 6) is 0. The molecule has 0 unspecified atom stereocenters. The molecule has 0 aromatic heterocycles. The molecule has 1 N–H and O–H groups in total. The maximum atomic E-state index is 6.19. The molecule has 1 heterocycles. The molecule has 4 heteroatoms. The Morgan fingerprint density at radius 2 is 1.59 bits per heavy atom. The molecule has 0 spiro atoms. The monoisotopic (exact) mass is 315 g/mol. The lowest BCUT2D eigenvalue weighted by atomic mass is 9.98. The molecule has 0 aliphatic carbocycles. The molecule has 1 aliphatic rings. The molecule has 0 aromatic carbocycles. The van der Waals surface area contributed by atoms with Gasteiger partial charge in [-0.1, -0.05) is 40.0 Å². The van der Waals surface area contributed by atoms with Gasteiger partial charge in [0.15, 0.2) is 0 Å². The van der Waals surface area contributed by atoms with Crippen molar-refractivity contribution in [2.75, 3.05) is 33.0 Å². The fraction of sp³-hybridized carbons (Fsp3) is 1.00. The van der Waals surface area contributed by atoms with E-state index in [-0.39, 0.29) is 17.7 Å². The van der Waals surface area contributed by atoms with Crippen LogP contribution in [0, 0.1) is 0 Å². The van der Waals surface area contributed by atoms with Crippen LogP contribution in [0.25, 0.3) is 0 Å². The Balaban J connectivity index is 2.51. The Kier molecular flexibility index (Phi) is 10.3. The average Bonchev–Trinajstić information content (AvgIpc) is 2.82. The molecule has 4 nitrogen and oxygen atoms in total. The molecule has 0 amide bonds. The summed E-state index contributed by atoms with van der Waals surface area (Å²) in [4.78, 5) is 0. The van der Waals surface area contributed by atoms with Crippen LogP contribution in [0.4, 0.5) is 0 Å². The van der Waals surface area contributed by atoms with Crippen LogP contribution in [0.3, 0.4) is 0 Å². The van der Waals surface area contributed by atoms with Gasteiger partial charge in [0, 0.05) is 26.4 Å². The fourth-order valence-electron chi connectivity index (χ4n) is 2.80. The Morgan fingerprint density at radius 3 is 2.27 bits per heavy atom. The van der Waals surface area contributed by atoms with Gasteiger partial charge in [-0.25, -0.2) is 0 Å². The van der Waals surface area contributed by atoms with Crippen molar-refractivity contribution >= 4 is 0 Å². The van der Waals surface area contributed by atoms with E-state index in [1.807, 2.05) is 0 Å². The summed E-state index contributed by atoms with van der Waals surface area (Å²) in [5.41, 5.74) is -0.234. The van der Waals surface area contributed by atoms with Crippen LogP contribution in [0.5, 0.6) is 0 Å². The van der Waals surface area contributed by atoms with Gasteiger partial charge in [0.25, 0.3) is 0 Å². The van der Waals surface area contributed by atoms with E-state index in [1.54, 1.807) is 0 Å². The Hall–Kier alpha value is -0.160. The average molecular weight is 315 g/mol. The molecule has 132 valence electrons. The zero-order valence-electron chi connectivity index (χ0n) is 15.2. The zero-order valence-corrected chi connectivity index (χ0v) is 15.2. The van der Waals surface area contributed by atoms with E-state index < -0.39 is 0 Å². The summed E-state index contributed by atoms with van der Waals surface area (Å²) in [7, 11) is 0. The van der Waals surface area contributed by atoms with Crippen molar-refractivity contribution in [1.29, 1.82) is 0 Å². The first-order valence-electron chi connectivity index (χ1n) is 9.24. The summed E-state index contributed by atoms with van der Waals surface area (Å²) in [6, 6.07) is 0.236. The van der Waals surface area contributed by atoms with Crippen molar-refractivity contribution in [2.45, 2.75) is 84.0 Å². The summed E-state index contributed by atoms with van der Waals surface area (Å²) in [6.45, 7) is 12.8. The number of unbranched alkanes of at least 4 members (excludes halogenated alkanes) is 3. The van der Waals surface area contributed by atoms with Crippen molar-refractivity contribution in [3.05, 3.63) is 0 Å². The minimum Gasteiger partial charge on any atom is -0.380 e. The summed E-state index contributed by atoms with van der Waals surface area (Å²) in [6.07, 6.45) is 6.90. The second-order valence-corrected chi connectivity index (χ2v) is 6.58. The van der Waals surface area contributed by atoms with Crippen LogP contribution in [0.2, 0.25) is 0 Å². The number of rotatable bonds is 13. The van der Waals surface area contributed by atoms with Gasteiger partial charge in [0.1, 0.15) is 11.7 Å². The smallest absolute Gasteiger partial charge is 0.105 e. The third-order valence-electron chi connectivity index (χ3n) is 4.35. The molecule has 0 saturated carbocycles. The van der Waals surface area contributed by atoms with E-state index >= 15 is 0 Å². The van der Waals surface area contributed by atoms with Crippen LogP contribution in [0.1, 0.15) is 66.2 Å². The van der Waals surface area contributed by atoms with E-state index in [0.29, 0.717) is 6.61 Å². The molecule has 1 fully saturated rings. The normalized spacial score (nSPS) is 28.4. The molecule has 0 radical (unpaired) electrons. The second-order valence-electron chi connectivity index (χ2n) is 6.58. The summed E-state index contributed by atoms with van der Waals surface area (Å²) < 4.78 is 18.2. The number of nitrogens with one attached hydrogen (secondary N) is 1. The summed E-state index contributed by atoms with van der Waals surface area (Å²) in [5, 5.41) is 3.55. The third-order valence-corrected chi connectivity index (χ3v) is 4.35. The zero-order chi connectivity index (χ0) is 16.3. The van der Waals surface area contributed by atoms with Crippen LogP contribution in [-0.2, 0) is 14.2 Å². The number of hydrogen-bond acceptors (Lipinski definition) is 4. The van der Waals surface area contributed by atoms with E-state index in [4.69, 9.17) is 14.2 Å². The molecule has 1 rings (SSSR count). The standard InChI is InChI=1S/C18H37NO3/c1-5-8-11-20-14-16-17(21-12-9-6-2)18(4,15-19-16)22-13-10-7-3/h16-17,19H,5-15H2,1-4H3/t16-,17-,18-/m1/s1. The highest BCUT2D eigenvalue weighted by atomic mass is 16.6. The molecular formula is C18H37NO3. The molecule has 3 atom stereocenters. The predicted molar refractivity (Wildman–Crippen MR) is 91.4 cm³/mol. The van der Waals surface area contributed by atoms with Crippen molar-refractivity contribution in [3.63, 3.8) is 0 Å². The lowest BCUT2D eigenvalue weighted by Gasteiger charge is -2.33. The van der Waals surface area contributed by atoms with Gasteiger partial charge < -0.3 is 19.5 Å². The van der Waals surface area contributed by atoms with Gasteiger partial charge in [-0.3, -0.25) is 0 Å². The molecular weight excluding hydrogens is 278 g/mol. The van der Waals surface area contributed by atoms with Gasteiger partial charge in [0.2, 0.25) is 0 Å². The van der Waals surface area contributed by atoms with Crippen molar-refractivity contribution in [2.24, 2.45) is 0 Å². The highest BCUT2D eigenvalue weighted by Gasteiger charge is 2.47. The fourth-order valence-corrected chi connectivity index (χ4v) is 2.80. The first kappa shape index (κ1) is 19.9. The van der Waals surface area contributed by atoms with Crippen molar-refractivity contribution in [3.8, 4) is 0 Å². The maximum absolute atomic E-state index is 6.19. The minimum absolute atomic E-state index is 0.0810. The highest BCUT2D eigenvalue weighted by molar-refractivity contribution is 5.02. The minimum atomic E-state index is -0.234. The first-order valence-corrected chi connectivity index (χ1v) is 9.24. The SMILES string of the molecule is CCCCOC[C@H]1NC[C@@](C)(OCCCC)[C@@H]1OCCCC. The van der Waals surface area contributed by atoms with E-state index in [2.05, 4.69) is 33.0 Å². The Morgan fingerprint density at radius 1 is 0.955 bits per heavy atom. The van der Waals surface area contributed by atoms with E-state index in [0.717, 1.165) is 58.5 Å². The maximum Gasteiger partial charge on any atom is 0.105 e. The second kappa shape index (κ2) is 11.4. The van der Waals surface area contributed by atoms with Crippen LogP contribution in [0.15, 0.2) is 0 Å². The van der Waals surface area contributed by atoms with E-state index in [1.165, 1.54) is 6.42 Å². The Bertz CT molecular complexity index is 275. The first-order chi connectivity index (χ1) is 10.7. The summed E-state index contributed by atoms with van der Waals surface area (Å²) >= 11 is 0. The predicted octanol–water partition coefficient (Wildman–Crippen LogP) is 3.54. The van der Waals surface area contributed by atoms with E-state index in [9.17, 15) is 0 Å². The molecule has 0 bridgehead atoms. The van der Waals surface area contributed by atoms with Crippen molar-refractivity contribution in [1.82, 2.24) is 5.32 Å². The number of ether oxygens (including phenoxy) is 3. The van der Waals surface area contributed by atoms with Gasteiger partial charge in [-0.15, -0.1) is 0 Å². The molecule has 22 heavy (non-hydrogen) atoms. The van der Waals surface area contributed by atoms with Gasteiger partial charge in [0.05, 0.1) is 12.6 Å². The van der Waals surface area contributed by atoms with Gasteiger partial charge in [-0.05, 0) is 26.2 Å². The van der Waals surface area contributed by atoms with Crippen molar-refractivity contribution < 1.29 is 14.2 Å². The largest absolute Gasteiger partial charge is 0.380 e. The number of hydrogen-bond donors (Lipinski definition) is 1. The van der Waals surface area contributed by atoms with Crippen LogP contribution >= 0.6 is 0 Å². The molecule has 1 aliphatic heterocycles. The van der Waals surface area contributed by atoms with Crippen LogP contribution < -0.4 is 5.32 Å². The quantitative estimate of drug-likeness (QED) is 0.528. The lowest BCUT2D eigenvalue weighted by molar-refractivity contribution is -0.123. The molecule has 1 saturated heterocycles. The Labute approximate surface area is 137 Å². The topological polar surface area (TPSA) is 39.7 Å². The highest BCUT2D eigenvalue weighted by Crippen LogP contribution is 2.28. The van der Waals surface area contributed by atoms with Gasteiger partial charge in [-0.2, -0.15) is 0 Å². The lowest BCUT2D eigenvalue weighted by Crippen LogP contribution is -2.47. The molecule has 0 aromatic rings. The van der Waals surface area contributed by atoms with Crippen LogP contribution in [-0.4, -0.2) is 50.7 Å². The third kappa shape index (κ3) is 6.53.